The van der Waals surface area contributed by atoms with Crippen LogP contribution in [0.4, 0.5) is 4.39 Å². The average molecular weight is 526 g/mol. The lowest BCUT2D eigenvalue weighted by Crippen LogP contribution is -2.49. The highest BCUT2D eigenvalue weighted by atomic mass is 32.2. The van der Waals surface area contributed by atoms with Crippen LogP contribution in [-0.2, 0) is 19.9 Å². The second-order valence-electron chi connectivity index (χ2n) is 9.37. The average Bonchev–Trinajstić information content (AvgIpc) is 3.63. The number of sulfonamides is 1. The Kier molecular flexibility index (Phi) is 6.25. The zero-order chi connectivity index (χ0) is 25.0. The summed E-state index contributed by atoms with van der Waals surface area (Å²) in [6.45, 7) is 3.35. The predicted octanol–water partition coefficient (Wildman–Crippen LogP) is 3.38. The molecule has 5 rings (SSSR count). The number of rotatable bonds is 8. The van der Waals surface area contributed by atoms with E-state index in [9.17, 15) is 21.2 Å². The Hall–Kier alpha value is -2.31. The first-order chi connectivity index (χ1) is 16.6. The maximum Gasteiger partial charge on any atom is 0.229 e. The molecule has 2 saturated heterocycles. The van der Waals surface area contributed by atoms with Crippen molar-refractivity contribution in [1.82, 2.24) is 14.3 Å². The SMILES string of the molecule is CCS(=O)(=O)N1C2CC[C@H]1CC(Oc1ncnc(Oc3ccc(S(=O)(=O)C4CC4)cc3F)c1C)C2. The first-order valence-corrected chi connectivity index (χ1v) is 15.0. The van der Waals surface area contributed by atoms with E-state index in [1.807, 2.05) is 0 Å². The van der Waals surface area contributed by atoms with E-state index >= 15 is 0 Å². The molecular formula is C23H28FN3O6S2. The van der Waals surface area contributed by atoms with Crippen LogP contribution in [0.1, 0.15) is 51.0 Å². The summed E-state index contributed by atoms with van der Waals surface area (Å²) in [6, 6.07) is 3.44. The molecule has 12 heteroatoms. The number of piperidine rings is 1. The fourth-order valence-electron chi connectivity index (χ4n) is 5.00. The van der Waals surface area contributed by atoms with Crippen LogP contribution in [-0.4, -0.2) is 60.3 Å². The van der Waals surface area contributed by atoms with Gasteiger partial charge in [0.05, 0.1) is 21.5 Å². The minimum atomic E-state index is -3.51. The van der Waals surface area contributed by atoms with Crippen LogP contribution in [0.2, 0.25) is 0 Å². The van der Waals surface area contributed by atoms with Gasteiger partial charge in [-0.1, -0.05) is 0 Å². The second-order valence-corrected chi connectivity index (χ2v) is 13.8. The molecular weight excluding hydrogens is 497 g/mol. The van der Waals surface area contributed by atoms with Crippen molar-refractivity contribution in [2.75, 3.05) is 5.75 Å². The quantitative estimate of drug-likeness (QED) is 0.515. The Morgan fingerprint density at radius 1 is 1.03 bits per heavy atom. The van der Waals surface area contributed by atoms with E-state index in [-0.39, 0.29) is 40.5 Å². The number of hydrogen-bond acceptors (Lipinski definition) is 8. The van der Waals surface area contributed by atoms with Crippen molar-refractivity contribution in [3.05, 3.63) is 35.9 Å². The molecule has 1 saturated carbocycles. The van der Waals surface area contributed by atoms with E-state index in [0.717, 1.165) is 18.9 Å². The Labute approximate surface area is 204 Å². The van der Waals surface area contributed by atoms with Crippen molar-refractivity contribution in [1.29, 1.82) is 0 Å². The number of fused-ring (bicyclic) bond motifs is 2. The van der Waals surface area contributed by atoms with Gasteiger partial charge >= 0.3 is 0 Å². The van der Waals surface area contributed by atoms with Crippen LogP contribution in [0.5, 0.6) is 17.5 Å². The molecule has 2 aromatic rings. The molecule has 3 aliphatic rings. The third-order valence-electron chi connectivity index (χ3n) is 6.98. The molecule has 0 N–H and O–H groups in total. The summed E-state index contributed by atoms with van der Waals surface area (Å²) in [4.78, 5) is 8.24. The van der Waals surface area contributed by atoms with E-state index in [1.165, 1.54) is 18.5 Å². The summed E-state index contributed by atoms with van der Waals surface area (Å²) >= 11 is 0. The molecule has 2 bridgehead atoms. The molecule has 3 atom stereocenters. The van der Waals surface area contributed by atoms with Crippen LogP contribution < -0.4 is 9.47 Å². The molecule has 0 radical (unpaired) electrons. The number of hydrogen-bond donors (Lipinski definition) is 0. The molecule has 2 aliphatic heterocycles. The number of benzene rings is 1. The molecule has 9 nitrogen and oxygen atoms in total. The summed E-state index contributed by atoms with van der Waals surface area (Å²) in [5, 5.41) is -0.429. The molecule has 2 unspecified atom stereocenters. The first-order valence-electron chi connectivity index (χ1n) is 11.8. The summed E-state index contributed by atoms with van der Waals surface area (Å²) < 4.78 is 77.8. The van der Waals surface area contributed by atoms with Gasteiger partial charge in [0.2, 0.25) is 21.8 Å². The Morgan fingerprint density at radius 2 is 1.69 bits per heavy atom. The standard InChI is InChI=1S/C23H28FN3O6S2/c1-3-34(28,29)27-15-4-5-16(27)11-17(10-15)32-22-14(2)23(26-13-25-22)33-21-9-8-19(12-20(21)24)35(30,31)18-6-7-18/h8-9,12-13,15-18H,3-7,10-11H2,1-2H3/t15-,16?,17?/m0/s1. The number of sulfone groups is 1. The van der Waals surface area contributed by atoms with Gasteiger partial charge in [0.1, 0.15) is 12.4 Å². The Bertz CT molecular complexity index is 1330. The third-order valence-corrected chi connectivity index (χ3v) is 11.2. The Balaban J connectivity index is 1.30. The zero-order valence-corrected chi connectivity index (χ0v) is 21.2. The smallest absolute Gasteiger partial charge is 0.229 e. The first kappa shape index (κ1) is 24.4. The van der Waals surface area contributed by atoms with Crippen LogP contribution in [0.3, 0.4) is 0 Å². The Morgan fingerprint density at radius 3 is 2.29 bits per heavy atom. The lowest BCUT2D eigenvalue weighted by Gasteiger charge is -2.37. The molecule has 0 amide bonds. The molecule has 1 aliphatic carbocycles. The van der Waals surface area contributed by atoms with Gasteiger partial charge in [-0.2, -0.15) is 4.31 Å². The number of aromatic nitrogens is 2. The highest BCUT2D eigenvalue weighted by Gasteiger charge is 2.47. The predicted molar refractivity (Wildman–Crippen MR) is 125 cm³/mol. The van der Waals surface area contributed by atoms with Gasteiger partial charge in [0.25, 0.3) is 0 Å². The van der Waals surface area contributed by atoms with E-state index in [0.29, 0.717) is 37.1 Å². The van der Waals surface area contributed by atoms with Gasteiger partial charge in [-0.15, -0.1) is 0 Å². The zero-order valence-electron chi connectivity index (χ0n) is 19.6. The summed E-state index contributed by atoms with van der Waals surface area (Å²) in [5.41, 5.74) is 0.470. The highest BCUT2D eigenvalue weighted by Crippen LogP contribution is 2.40. The molecule has 35 heavy (non-hydrogen) atoms. The lowest BCUT2D eigenvalue weighted by atomic mass is 10.0. The van der Waals surface area contributed by atoms with E-state index < -0.39 is 30.9 Å². The molecule has 3 fully saturated rings. The van der Waals surface area contributed by atoms with E-state index in [1.54, 1.807) is 18.2 Å². The van der Waals surface area contributed by atoms with Crippen molar-refractivity contribution < 1.29 is 30.7 Å². The monoisotopic (exact) mass is 525 g/mol. The van der Waals surface area contributed by atoms with Crippen LogP contribution >= 0.6 is 0 Å². The summed E-state index contributed by atoms with van der Waals surface area (Å²) in [5.74, 6) is -0.474. The molecule has 1 aromatic carbocycles. The summed E-state index contributed by atoms with van der Waals surface area (Å²) in [7, 11) is -6.77. The minimum absolute atomic E-state index is 0.0562. The van der Waals surface area contributed by atoms with Crippen molar-refractivity contribution in [3.63, 3.8) is 0 Å². The van der Waals surface area contributed by atoms with Crippen LogP contribution in [0.25, 0.3) is 0 Å². The minimum Gasteiger partial charge on any atom is -0.474 e. The van der Waals surface area contributed by atoms with Gasteiger partial charge in [-0.05, 0) is 57.7 Å². The van der Waals surface area contributed by atoms with Crippen molar-refractivity contribution >= 4 is 19.9 Å². The van der Waals surface area contributed by atoms with Gasteiger partial charge in [-0.25, -0.2) is 31.2 Å². The van der Waals surface area contributed by atoms with E-state index in [4.69, 9.17) is 9.47 Å². The highest BCUT2D eigenvalue weighted by molar-refractivity contribution is 7.92. The fraction of sp³-hybridized carbons (Fsp3) is 0.565. The topological polar surface area (TPSA) is 116 Å². The fourth-order valence-corrected chi connectivity index (χ4v) is 8.25. The number of halogens is 1. The maximum atomic E-state index is 14.7. The van der Waals surface area contributed by atoms with Gasteiger partial charge in [-0.3, -0.25) is 0 Å². The van der Waals surface area contributed by atoms with Crippen LogP contribution in [0, 0.1) is 12.7 Å². The normalized spacial score (nSPS) is 24.9. The number of nitrogens with zero attached hydrogens (tertiary/aromatic N) is 3. The largest absolute Gasteiger partial charge is 0.474 e. The second kappa shape index (κ2) is 8.97. The third kappa shape index (κ3) is 4.63. The molecule has 190 valence electrons. The van der Waals surface area contributed by atoms with Crippen molar-refractivity contribution in [2.45, 2.75) is 80.7 Å². The van der Waals surface area contributed by atoms with Crippen LogP contribution in [0.15, 0.2) is 29.4 Å². The summed E-state index contributed by atoms with van der Waals surface area (Å²) in [6.07, 6.45) is 5.01. The van der Waals surface area contributed by atoms with E-state index in [2.05, 4.69) is 9.97 Å². The van der Waals surface area contributed by atoms with Crippen molar-refractivity contribution in [3.8, 4) is 17.5 Å². The molecule has 0 spiro atoms. The molecule has 1 aromatic heterocycles. The maximum absolute atomic E-state index is 14.7. The molecule has 3 heterocycles. The number of ether oxygens (including phenoxy) is 2. The van der Waals surface area contributed by atoms with Gasteiger partial charge in [0, 0.05) is 24.9 Å². The van der Waals surface area contributed by atoms with Gasteiger partial charge < -0.3 is 9.47 Å². The van der Waals surface area contributed by atoms with Gasteiger partial charge in [0.15, 0.2) is 21.4 Å². The van der Waals surface area contributed by atoms with Crippen molar-refractivity contribution in [2.24, 2.45) is 0 Å². The lowest BCUT2D eigenvalue weighted by molar-refractivity contribution is 0.0908.